The molecular weight excluding hydrogens is 207 g/mol. The maximum absolute atomic E-state index is 12.8. The molecular formula is C13H13FO2. The van der Waals surface area contributed by atoms with Crippen molar-refractivity contribution in [3.05, 3.63) is 60.0 Å². The van der Waals surface area contributed by atoms with Gasteiger partial charge in [-0.3, -0.25) is 0 Å². The highest BCUT2D eigenvalue weighted by Gasteiger charge is 1.91. The number of hydrogen-bond donors (Lipinski definition) is 0. The molecule has 0 saturated carbocycles. The van der Waals surface area contributed by atoms with Crippen LogP contribution in [0.3, 0.4) is 0 Å². The van der Waals surface area contributed by atoms with Crippen LogP contribution in [0.2, 0.25) is 0 Å². The normalized spacial score (nSPS) is 11.1. The molecule has 1 aromatic carbocycles. The zero-order valence-electron chi connectivity index (χ0n) is 9.02. The van der Waals surface area contributed by atoms with Crippen molar-refractivity contribution >= 4 is 5.97 Å². The van der Waals surface area contributed by atoms with Crippen LogP contribution in [0.1, 0.15) is 5.56 Å². The van der Waals surface area contributed by atoms with Crippen LogP contribution in [0, 0.1) is 5.82 Å². The molecule has 0 heterocycles. The van der Waals surface area contributed by atoms with Crippen molar-refractivity contribution in [1.29, 1.82) is 0 Å². The summed E-state index contributed by atoms with van der Waals surface area (Å²) in [5.74, 6) is -0.633. The zero-order chi connectivity index (χ0) is 11.8. The Morgan fingerprint density at radius 2 is 2.25 bits per heavy atom. The van der Waals surface area contributed by atoms with Crippen LogP contribution in [0.25, 0.3) is 0 Å². The average Bonchev–Trinajstić information content (AvgIpc) is 2.28. The van der Waals surface area contributed by atoms with Crippen molar-refractivity contribution in [2.45, 2.75) is 6.42 Å². The molecule has 0 atom stereocenters. The molecule has 0 amide bonds. The topological polar surface area (TPSA) is 26.3 Å². The number of halogens is 1. The Hall–Kier alpha value is -1.90. The fourth-order valence-electron chi connectivity index (χ4n) is 1.15. The molecule has 0 spiro atoms. The number of hydrogen-bond acceptors (Lipinski definition) is 2. The van der Waals surface area contributed by atoms with Gasteiger partial charge >= 0.3 is 5.97 Å². The van der Waals surface area contributed by atoms with Gasteiger partial charge in [-0.1, -0.05) is 30.4 Å². The highest BCUT2D eigenvalue weighted by Crippen LogP contribution is 2.04. The summed E-state index contributed by atoms with van der Waals surface area (Å²) in [6.45, 7) is 0. The van der Waals surface area contributed by atoms with Crippen molar-refractivity contribution in [3.8, 4) is 0 Å². The van der Waals surface area contributed by atoms with Crippen molar-refractivity contribution in [1.82, 2.24) is 0 Å². The van der Waals surface area contributed by atoms with E-state index >= 15 is 0 Å². The second-order valence-corrected chi connectivity index (χ2v) is 3.14. The van der Waals surface area contributed by atoms with Gasteiger partial charge in [0.05, 0.1) is 7.11 Å². The minimum absolute atomic E-state index is 0.240. The Bertz CT molecular complexity index is 408. The maximum Gasteiger partial charge on any atom is 0.330 e. The van der Waals surface area contributed by atoms with Gasteiger partial charge in [0.1, 0.15) is 5.82 Å². The molecule has 0 aliphatic heterocycles. The highest BCUT2D eigenvalue weighted by molar-refractivity contribution is 5.82. The van der Waals surface area contributed by atoms with E-state index in [0.29, 0.717) is 6.42 Å². The van der Waals surface area contributed by atoms with Gasteiger partial charge in [0, 0.05) is 6.08 Å². The van der Waals surface area contributed by atoms with Crippen molar-refractivity contribution in [3.63, 3.8) is 0 Å². The Morgan fingerprint density at radius 1 is 1.44 bits per heavy atom. The number of carbonyl (C=O) groups is 1. The molecule has 0 aliphatic carbocycles. The predicted molar refractivity (Wildman–Crippen MR) is 60.4 cm³/mol. The van der Waals surface area contributed by atoms with Gasteiger partial charge in [-0.05, 0) is 24.1 Å². The highest BCUT2D eigenvalue weighted by atomic mass is 19.1. The second-order valence-electron chi connectivity index (χ2n) is 3.14. The van der Waals surface area contributed by atoms with E-state index in [1.165, 1.54) is 25.3 Å². The smallest absolute Gasteiger partial charge is 0.330 e. The van der Waals surface area contributed by atoms with Crippen molar-refractivity contribution < 1.29 is 13.9 Å². The maximum atomic E-state index is 12.8. The molecule has 3 heteroatoms. The monoisotopic (exact) mass is 220 g/mol. The fraction of sp³-hybridized carbons (Fsp3) is 0.154. The number of rotatable bonds is 4. The molecule has 0 aromatic heterocycles. The largest absolute Gasteiger partial charge is 0.466 e. The number of methoxy groups -OCH3 is 1. The number of ether oxygens (including phenoxy) is 1. The molecule has 0 radical (unpaired) electrons. The molecule has 0 saturated heterocycles. The lowest BCUT2D eigenvalue weighted by molar-refractivity contribution is -0.134. The molecule has 0 aliphatic rings. The van der Waals surface area contributed by atoms with Gasteiger partial charge in [0.25, 0.3) is 0 Å². The molecule has 0 fully saturated rings. The second kappa shape index (κ2) is 6.56. The van der Waals surface area contributed by atoms with Crippen molar-refractivity contribution in [2.24, 2.45) is 0 Å². The SMILES string of the molecule is COC(=O)C=CC=CCc1cccc(F)c1. The van der Waals surface area contributed by atoms with Gasteiger partial charge in [0.2, 0.25) is 0 Å². The lowest BCUT2D eigenvalue weighted by Crippen LogP contribution is -1.92. The molecule has 16 heavy (non-hydrogen) atoms. The molecule has 2 nitrogen and oxygen atoms in total. The number of benzene rings is 1. The summed E-state index contributed by atoms with van der Waals surface area (Å²) in [7, 11) is 1.32. The number of esters is 1. The van der Waals surface area contributed by atoms with E-state index in [-0.39, 0.29) is 5.82 Å². The summed E-state index contributed by atoms with van der Waals surface area (Å²) in [6.07, 6.45) is 7.10. The van der Waals surface area contributed by atoms with Crippen LogP contribution in [-0.2, 0) is 16.0 Å². The summed E-state index contributed by atoms with van der Waals surface area (Å²) in [5, 5.41) is 0. The van der Waals surface area contributed by atoms with E-state index in [1.807, 2.05) is 12.1 Å². The Labute approximate surface area is 94.0 Å². The lowest BCUT2D eigenvalue weighted by Gasteiger charge is -1.94. The van der Waals surface area contributed by atoms with Gasteiger partial charge in [-0.2, -0.15) is 0 Å². The van der Waals surface area contributed by atoms with Gasteiger partial charge in [-0.25, -0.2) is 9.18 Å². The quantitative estimate of drug-likeness (QED) is 0.443. The Balaban J connectivity index is 2.43. The zero-order valence-corrected chi connectivity index (χ0v) is 9.02. The van der Waals surface area contributed by atoms with Crippen LogP contribution < -0.4 is 0 Å². The number of allylic oxidation sites excluding steroid dienone is 3. The molecule has 0 bridgehead atoms. The van der Waals surface area contributed by atoms with Crippen LogP contribution in [-0.4, -0.2) is 13.1 Å². The third-order valence-corrected chi connectivity index (χ3v) is 1.92. The predicted octanol–water partition coefficient (Wildman–Crippen LogP) is 2.65. The summed E-state index contributed by atoms with van der Waals surface area (Å²) in [6, 6.07) is 6.40. The average molecular weight is 220 g/mol. The minimum atomic E-state index is -0.393. The Kier molecular flexibility index (Phi) is 4.99. The first-order valence-corrected chi connectivity index (χ1v) is 4.88. The van der Waals surface area contributed by atoms with Crippen LogP contribution in [0.4, 0.5) is 4.39 Å². The van der Waals surface area contributed by atoms with Crippen LogP contribution in [0.15, 0.2) is 48.6 Å². The molecule has 1 rings (SSSR count). The summed E-state index contributed by atoms with van der Waals surface area (Å²) in [4.78, 5) is 10.7. The summed E-state index contributed by atoms with van der Waals surface area (Å²) >= 11 is 0. The molecule has 1 aromatic rings. The van der Waals surface area contributed by atoms with Gasteiger partial charge in [0.15, 0.2) is 0 Å². The van der Waals surface area contributed by atoms with E-state index in [4.69, 9.17) is 0 Å². The molecule has 0 N–H and O–H groups in total. The number of carbonyl (C=O) groups excluding carboxylic acids is 1. The fourth-order valence-corrected chi connectivity index (χ4v) is 1.15. The summed E-state index contributed by atoms with van der Waals surface area (Å²) in [5.41, 5.74) is 0.891. The van der Waals surface area contributed by atoms with E-state index in [9.17, 15) is 9.18 Å². The van der Waals surface area contributed by atoms with Crippen LogP contribution in [0.5, 0.6) is 0 Å². The van der Waals surface area contributed by atoms with E-state index in [0.717, 1.165) is 5.56 Å². The van der Waals surface area contributed by atoms with Crippen molar-refractivity contribution in [2.75, 3.05) is 7.11 Å². The van der Waals surface area contributed by atoms with E-state index in [2.05, 4.69) is 4.74 Å². The standard InChI is InChI=1S/C13H13FO2/c1-16-13(15)9-4-2-3-6-11-7-5-8-12(14)10-11/h2-5,7-10H,6H2,1H3. The van der Waals surface area contributed by atoms with Gasteiger partial charge < -0.3 is 4.74 Å². The summed E-state index contributed by atoms with van der Waals surface area (Å²) < 4.78 is 17.2. The minimum Gasteiger partial charge on any atom is -0.466 e. The third kappa shape index (κ3) is 4.55. The third-order valence-electron chi connectivity index (χ3n) is 1.92. The van der Waals surface area contributed by atoms with E-state index in [1.54, 1.807) is 18.2 Å². The molecule has 84 valence electrons. The first-order valence-electron chi connectivity index (χ1n) is 4.88. The van der Waals surface area contributed by atoms with E-state index < -0.39 is 5.97 Å². The first-order chi connectivity index (χ1) is 7.72. The van der Waals surface area contributed by atoms with Gasteiger partial charge in [-0.15, -0.1) is 0 Å². The molecule has 0 unspecified atom stereocenters. The Morgan fingerprint density at radius 3 is 2.94 bits per heavy atom. The van der Waals surface area contributed by atoms with Crippen LogP contribution >= 0.6 is 0 Å². The lowest BCUT2D eigenvalue weighted by atomic mass is 10.1. The first kappa shape index (κ1) is 12.2.